The molecule has 10 heteroatoms. The van der Waals surface area contributed by atoms with Gasteiger partial charge in [0.05, 0.1) is 40.2 Å². The molecule has 1 amide bonds. The summed E-state index contributed by atoms with van der Waals surface area (Å²) in [6.45, 7) is -10.3. The Kier molecular flexibility index (Phi) is 5.94. The highest BCUT2D eigenvalue weighted by molar-refractivity contribution is 7.89. The molecule has 2 aliphatic heterocycles. The van der Waals surface area contributed by atoms with E-state index in [9.17, 15) is 18.3 Å². The highest BCUT2D eigenvalue weighted by Crippen LogP contribution is 2.33. The second-order valence-electron chi connectivity index (χ2n) is 9.21. The van der Waals surface area contributed by atoms with Crippen LogP contribution >= 0.6 is 0 Å². The van der Waals surface area contributed by atoms with Gasteiger partial charge >= 0.3 is 6.09 Å². The van der Waals surface area contributed by atoms with Gasteiger partial charge in [-0.1, -0.05) is 61.7 Å². The van der Waals surface area contributed by atoms with Crippen molar-refractivity contribution in [1.29, 1.82) is 0 Å². The zero-order valence-corrected chi connectivity index (χ0v) is 21.6. The zero-order valence-electron chi connectivity index (χ0n) is 30.8. The topological polar surface area (TPSA) is 114 Å². The van der Waals surface area contributed by atoms with Crippen LogP contribution in [0.1, 0.15) is 45.0 Å². The van der Waals surface area contributed by atoms with Crippen LogP contribution in [-0.4, -0.2) is 74.7 Å². The van der Waals surface area contributed by atoms with Gasteiger partial charge in [0, 0.05) is 22.7 Å². The molecule has 9 nitrogen and oxygen atoms in total. The second kappa shape index (κ2) is 12.6. The van der Waals surface area contributed by atoms with Gasteiger partial charge in [0.15, 0.2) is 6.29 Å². The summed E-state index contributed by atoms with van der Waals surface area (Å²) in [6.07, 6.45) is -6.91. The smallest absolute Gasteiger partial charge is 0.407 e. The van der Waals surface area contributed by atoms with Crippen molar-refractivity contribution in [1.82, 2.24) is 9.62 Å². The number of fused-ring (bicyclic) bond motifs is 1. The van der Waals surface area contributed by atoms with E-state index in [1.165, 1.54) is 24.3 Å². The molecule has 5 atom stereocenters. The van der Waals surface area contributed by atoms with E-state index in [0.717, 1.165) is 0 Å². The summed E-state index contributed by atoms with van der Waals surface area (Å²) in [5, 5.41) is 13.9. The Hall–Kier alpha value is -2.50. The lowest BCUT2D eigenvalue weighted by Crippen LogP contribution is -2.51. The fourth-order valence-electron chi connectivity index (χ4n) is 4.27. The number of aryl methyl sites for hydroxylation is 1. The number of hydrogen-bond acceptors (Lipinski definition) is 7. The predicted octanol–water partition coefficient (Wildman–Crippen LogP) is 3.10. The second-order valence-corrected chi connectivity index (χ2v) is 11.1. The van der Waals surface area contributed by atoms with E-state index in [1.54, 1.807) is 37.3 Å². The van der Waals surface area contributed by atoms with Crippen LogP contribution in [0.15, 0.2) is 59.5 Å². The van der Waals surface area contributed by atoms with Gasteiger partial charge in [-0.05, 0) is 43.4 Å². The van der Waals surface area contributed by atoms with Crippen molar-refractivity contribution in [2.75, 3.05) is 26.3 Å². The van der Waals surface area contributed by atoms with Crippen molar-refractivity contribution in [2.24, 2.45) is 11.8 Å². The molecular weight excluding hydrogens is 508 g/mol. The highest BCUT2D eigenvalue weighted by atomic mass is 32.2. The first-order chi connectivity index (χ1) is 22.0. The number of carbonyl (C=O) groups excluding carboxylic acids is 1. The third kappa shape index (κ3) is 7.12. The Morgan fingerprint density at radius 2 is 1.97 bits per heavy atom. The average Bonchev–Trinajstić information content (AvgIpc) is 3.50. The molecule has 0 bridgehead atoms. The Morgan fingerprint density at radius 3 is 2.68 bits per heavy atom. The standard InChI is InChI=1S/C28H38N2O7S/c1-19(2)16-30(38(33,34)22-11-9-20(3)10-12-22)17-25(31)24(15-21-7-5-4-6-8-21)29-28(32)37-26-18-36-27-23(26)13-14-35-27/h4-12,19,23-27,31H,13-18H2,1-3H3,(H,29,32)/t23-,24-,25+,26-,27+/m0/s1/i1D3,2D3,18D2,19D,26D. The molecule has 0 aliphatic carbocycles. The summed E-state index contributed by atoms with van der Waals surface area (Å²) < 4.78 is 125. The van der Waals surface area contributed by atoms with Crippen LogP contribution in [0.2, 0.25) is 0 Å². The molecule has 4 rings (SSSR count). The molecule has 0 spiro atoms. The van der Waals surface area contributed by atoms with Crippen molar-refractivity contribution >= 4 is 16.1 Å². The number of aliphatic hydroxyl groups is 1. The zero-order chi connectivity index (χ0) is 35.9. The number of carbonyl (C=O) groups is 1. The van der Waals surface area contributed by atoms with Crippen molar-refractivity contribution < 1.29 is 46.2 Å². The van der Waals surface area contributed by atoms with Gasteiger partial charge in [-0.25, -0.2) is 13.2 Å². The van der Waals surface area contributed by atoms with Crippen LogP contribution in [0.3, 0.4) is 0 Å². The average molecular weight is 557 g/mol. The first kappa shape index (κ1) is 18.0. The Balaban J connectivity index is 1.69. The summed E-state index contributed by atoms with van der Waals surface area (Å²) in [4.78, 5) is 12.9. The van der Waals surface area contributed by atoms with E-state index in [4.69, 9.17) is 27.9 Å². The quantitative estimate of drug-likeness (QED) is 0.437. The molecule has 0 aromatic heterocycles. The molecule has 2 aliphatic rings. The first-order valence-electron chi connectivity index (χ1n) is 17.1. The lowest BCUT2D eigenvalue weighted by Gasteiger charge is -2.31. The number of rotatable bonds is 11. The number of benzene rings is 2. The van der Waals surface area contributed by atoms with Crippen LogP contribution in [-0.2, 0) is 30.7 Å². The molecular formula is C28H38N2O7S. The molecule has 208 valence electrons. The third-order valence-corrected chi connectivity index (χ3v) is 8.13. The fraction of sp³-hybridized carbons (Fsp3) is 0.536. The van der Waals surface area contributed by atoms with E-state index >= 15 is 0 Å². The Labute approximate surface area is 239 Å². The lowest BCUT2D eigenvalue weighted by molar-refractivity contribution is -0.0907. The number of sulfonamides is 1. The summed E-state index contributed by atoms with van der Waals surface area (Å²) in [5.41, 5.74) is 1.23. The summed E-state index contributed by atoms with van der Waals surface area (Å²) in [6, 6.07) is 12.2. The summed E-state index contributed by atoms with van der Waals surface area (Å²) >= 11 is 0. The number of alkyl carbamates (subject to hydrolysis) is 1. The van der Waals surface area contributed by atoms with Gasteiger partial charge in [-0.2, -0.15) is 4.31 Å². The van der Waals surface area contributed by atoms with Crippen LogP contribution in [0.25, 0.3) is 0 Å². The maximum Gasteiger partial charge on any atom is 0.407 e. The van der Waals surface area contributed by atoms with Crippen molar-refractivity contribution in [3.63, 3.8) is 0 Å². The van der Waals surface area contributed by atoms with Crippen LogP contribution in [0.5, 0.6) is 0 Å². The summed E-state index contributed by atoms with van der Waals surface area (Å²) in [7, 11) is -4.76. The SMILES string of the molecule is [2H]C([2H])([2H])C([2H])(CN(C[C@@H](O)[C@H](Cc1ccccc1)NC(=O)O[C@]1([2H])[C@@H]2CCO[C@@H]2OC1([2H])[2H])S(=O)(=O)c1ccc(C)cc1)C([2H])([2H])[2H]. The number of amides is 1. The fourth-order valence-corrected chi connectivity index (χ4v) is 5.70. The van der Waals surface area contributed by atoms with Gasteiger partial charge in [-0.15, -0.1) is 0 Å². The number of hydrogen-bond donors (Lipinski definition) is 2. The molecule has 38 heavy (non-hydrogen) atoms. The van der Waals surface area contributed by atoms with Gasteiger partial charge in [0.2, 0.25) is 10.0 Å². The molecule has 2 N–H and O–H groups in total. The molecule has 2 fully saturated rings. The Morgan fingerprint density at radius 1 is 1.24 bits per heavy atom. The van der Waals surface area contributed by atoms with Crippen molar-refractivity contribution in [3.8, 4) is 0 Å². The summed E-state index contributed by atoms with van der Waals surface area (Å²) in [5.74, 6) is -4.31. The van der Waals surface area contributed by atoms with Gasteiger partial charge in [0.1, 0.15) is 6.08 Å². The van der Waals surface area contributed by atoms with E-state index in [2.05, 4.69) is 5.32 Å². The molecule has 0 saturated carbocycles. The van der Waals surface area contributed by atoms with Crippen molar-refractivity contribution in [2.45, 2.75) is 62.9 Å². The van der Waals surface area contributed by atoms with E-state index in [1.807, 2.05) is 0 Å². The van der Waals surface area contributed by atoms with E-state index in [-0.39, 0.29) is 24.3 Å². The highest BCUT2D eigenvalue weighted by Gasteiger charge is 2.44. The molecule has 2 saturated heterocycles. The van der Waals surface area contributed by atoms with Crippen molar-refractivity contribution in [3.05, 3.63) is 65.7 Å². The lowest BCUT2D eigenvalue weighted by atomic mass is 10.0. The number of nitrogens with one attached hydrogen (secondary N) is 1. The number of ether oxygens (including phenoxy) is 3. The minimum absolute atomic E-state index is 0.141. The maximum atomic E-state index is 13.9. The monoisotopic (exact) mass is 556 g/mol. The maximum absolute atomic E-state index is 13.9. The van der Waals surface area contributed by atoms with Gasteiger partial charge in [-0.3, -0.25) is 0 Å². The molecule has 0 radical (unpaired) electrons. The van der Waals surface area contributed by atoms with E-state index < -0.39 is 85.8 Å². The van der Waals surface area contributed by atoms with Gasteiger partial charge in [0.25, 0.3) is 0 Å². The molecule has 2 aromatic rings. The molecule has 2 aromatic carbocycles. The normalized spacial score (nSPS) is 30.9. The number of nitrogens with zero attached hydrogens (tertiary/aromatic N) is 1. The minimum atomic E-state index is -4.76. The van der Waals surface area contributed by atoms with Crippen LogP contribution < -0.4 is 5.32 Å². The van der Waals surface area contributed by atoms with Crippen LogP contribution in [0, 0.1) is 18.7 Å². The Bertz CT molecular complexity index is 1530. The predicted molar refractivity (Wildman–Crippen MR) is 142 cm³/mol. The first-order valence-corrected chi connectivity index (χ1v) is 13.5. The molecule has 0 unspecified atom stereocenters. The third-order valence-electron chi connectivity index (χ3n) is 6.30. The van der Waals surface area contributed by atoms with E-state index in [0.29, 0.717) is 15.4 Å². The largest absolute Gasteiger partial charge is 0.443 e. The molecule has 2 heterocycles. The minimum Gasteiger partial charge on any atom is -0.443 e. The van der Waals surface area contributed by atoms with Gasteiger partial charge < -0.3 is 24.6 Å². The van der Waals surface area contributed by atoms with Crippen LogP contribution in [0.4, 0.5) is 4.79 Å². The number of aliphatic hydroxyl groups excluding tert-OH is 1.